The van der Waals surface area contributed by atoms with Gasteiger partial charge in [-0.1, -0.05) is 0 Å². The number of nitrogens with zero attached hydrogens (tertiary/aromatic N) is 2. The summed E-state index contributed by atoms with van der Waals surface area (Å²) in [5.41, 5.74) is 5.48. The molecular weight excluding hydrogens is 208 g/mol. The number of hydrogen-bond acceptors (Lipinski definition) is 3. The highest BCUT2D eigenvalue weighted by molar-refractivity contribution is 6.05. The number of carbonyl (C=O) groups is 2. The third kappa shape index (κ3) is 2.05. The highest BCUT2D eigenvalue weighted by Crippen LogP contribution is 2.30. The third-order valence-corrected chi connectivity index (χ3v) is 2.61. The summed E-state index contributed by atoms with van der Waals surface area (Å²) < 4.78 is 1.63. The van der Waals surface area contributed by atoms with Crippen LogP contribution in [-0.4, -0.2) is 28.6 Å². The molecule has 0 saturated heterocycles. The van der Waals surface area contributed by atoms with E-state index in [0.717, 1.165) is 6.54 Å². The van der Waals surface area contributed by atoms with Crippen molar-refractivity contribution < 1.29 is 9.59 Å². The molecule has 1 aliphatic carbocycles. The van der Waals surface area contributed by atoms with Crippen molar-refractivity contribution in [2.45, 2.75) is 19.4 Å². The van der Waals surface area contributed by atoms with Gasteiger partial charge in [0.15, 0.2) is 5.69 Å². The predicted molar refractivity (Wildman–Crippen MR) is 56.9 cm³/mol. The topological polar surface area (TPSA) is 90.0 Å². The fourth-order valence-corrected chi connectivity index (χ4v) is 1.55. The molecule has 0 spiro atoms. The molecule has 0 aliphatic heterocycles. The molecule has 0 unspecified atom stereocenters. The van der Waals surface area contributed by atoms with Crippen molar-refractivity contribution in [2.75, 3.05) is 7.05 Å². The van der Waals surface area contributed by atoms with Gasteiger partial charge < -0.3 is 11.1 Å². The molecule has 86 valence electrons. The SMILES string of the molecule is CNC(=O)c1nn(CC2CC2)cc1C(N)=O. The molecule has 16 heavy (non-hydrogen) atoms. The summed E-state index contributed by atoms with van der Waals surface area (Å²) in [5, 5.41) is 6.52. The predicted octanol–water partition coefficient (Wildman–Crippen LogP) is -0.248. The van der Waals surface area contributed by atoms with Gasteiger partial charge >= 0.3 is 0 Å². The van der Waals surface area contributed by atoms with Crippen LogP contribution in [0.2, 0.25) is 0 Å². The number of amides is 2. The van der Waals surface area contributed by atoms with Crippen molar-refractivity contribution in [3.05, 3.63) is 17.5 Å². The lowest BCUT2D eigenvalue weighted by Gasteiger charge is -1.97. The second-order valence-corrected chi connectivity index (χ2v) is 4.00. The van der Waals surface area contributed by atoms with Crippen LogP contribution in [0.5, 0.6) is 0 Å². The lowest BCUT2D eigenvalue weighted by Crippen LogP contribution is -2.23. The van der Waals surface area contributed by atoms with Crippen LogP contribution in [0.4, 0.5) is 0 Å². The first kappa shape index (κ1) is 10.7. The maximum Gasteiger partial charge on any atom is 0.272 e. The van der Waals surface area contributed by atoms with Crippen molar-refractivity contribution in [3.63, 3.8) is 0 Å². The molecule has 3 N–H and O–H groups in total. The van der Waals surface area contributed by atoms with E-state index in [-0.39, 0.29) is 17.2 Å². The molecule has 0 radical (unpaired) electrons. The van der Waals surface area contributed by atoms with Gasteiger partial charge in [0.1, 0.15) is 0 Å². The van der Waals surface area contributed by atoms with Gasteiger partial charge in [-0.25, -0.2) is 0 Å². The normalized spacial score (nSPS) is 14.8. The number of nitrogens with two attached hydrogens (primary N) is 1. The van der Waals surface area contributed by atoms with Crippen LogP contribution in [-0.2, 0) is 6.54 Å². The van der Waals surface area contributed by atoms with Crippen LogP contribution in [0.25, 0.3) is 0 Å². The zero-order chi connectivity index (χ0) is 11.7. The first-order chi connectivity index (χ1) is 7.61. The largest absolute Gasteiger partial charge is 0.365 e. The smallest absolute Gasteiger partial charge is 0.272 e. The van der Waals surface area contributed by atoms with Crippen LogP contribution >= 0.6 is 0 Å². The lowest BCUT2D eigenvalue weighted by atomic mass is 10.2. The Kier molecular flexibility index (Phi) is 2.64. The van der Waals surface area contributed by atoms with Crippen molar-refractivity contribution in [2.24, 2.45) is 11.7 Å². The van der Waals surface area contributed by atoms with Crippen molar-refractivity contribution in [3.8, 4) is 0 Å². The van der Waals surface area contributed by atoms with E-state index in [1.54, 1.807) is 10.9 Å². The van der Waals surface area contributed by atoms with Crippen LogP contribution in [0.15, 0.2) is 6.20 Å². The summed E-state index contributed by atoms with van der Waals surface area (Å²) in [4.78, 5) is 22.6. The Hall–Kier alpha value is -1.85. The minimum absolute atomic E-state index is 0.107. The van der Waals surface area contributed by atoms with Gasteiger partial charge in [0, 0.05) is 19.8 Å². The molecule has 1 aromatic heterocycles. The highest BCUT2D eigenvalue weighted by Gasteiger charge is 2.25. The Labute approximate surface area is 92.8 Å². The monoisotopic (exact) mass is 222 g/mol. The van der Waals surface area contributed by atoms with Gasteiger partial charge in [-0.3, -0.25) is 14.3 Å². The molecular formula is C10H14N4O2. The molecule has 0 atom stereocenters. The average molecular weight is 222 g/mol. The summed E-state index contributed by atoms with van der Waals surface area (Å²) in [7, 11) is 1.49. The Morgan fingerprint density at radius 2 is 2.31 bits per heavy atom. The molecule has 1 aromatic rings. The average Bonchev–Trinajstić information content (AvgIpc) is 2.94. The molecule has 1 saturated carbocycles. The number of aromatic nitrogens is 2. The van der Waals surface area contributed by atoms with E-state index in [0.29, 0.717) is 5.92 Å². The maximum atomic E-state index is 11.5. The Balaban J connectivity index is 2.28. The maximum absolute atomic E-state index is 11.5. The standard InChI is InChI=1S/C10H14N4O2/c1-12-10(16)8-7(9(11)15)5-14(13-8)4-6-2-3-6/h5-6H,2-4H2,1H3,(H2,11,15)(H,12,16). The van der Waals surface area contributed by atoms with Gasteiger partial charge in [-0.2, -0.15) is 5.10 Å². The molecule has 2 amide bonds. The molecule has 2 rings (SSSR count). The molecule has 0 bridgehead atoms. The number of rotatable bonds is 4. The Bertz CT molecular complexity index is 434. The number of nitrogens with one attached hydrogen (secondary N) is 1. The second-order valence-electron chi connectivity index (χ2n) is 4.00. The summed E-state index contributed by atoms with van der Waals surface area (Å²) in [6.07, 6.45) is 3.91. The fraction of sp³-hybridized carbons (Fsp3) is 0.500. The molecule has 1 aliphatic rings. The summed E-state index contributed by atoms with van der Waals surface area (Å²) >= 11 is 0. The van der Waals surface area contributed by atoms with E-state index in [1.165, 1.54) is 19.9 Å². The van der Waals surface area contributed by atoms with Gasteiger partial charge in [-0.05, 0) is 18.8 Å². The van der Waals surface area contributed by atoms with Crippen LogP contribution in [0, 0.1) is 5.92 Å². The summed E-state index contributed by atoms with van der Waals surface area (Å²) in [6, 6.07) is 0. The molecule has 1 fully saturated rings. The number of carbonyl (C=O) groups excluding carboxylic acids is 2. The summed E-state index contributed by atoms with van der Waals surface area (Å²) in [6.45, 7) is 0.747. The zero-order valence-corrected chi connectivity index (χ0v) is 9.06. The molecule has 6 heteroatoms. The van der Waals surface area contributed by atoms with Gasteiger partial charge in [0.25, 0.3) is 11.8 Å². The van der Waals surface area contributed by atoms with Crippen LogP contribution < -0.4 is 11.1 Å². The zero-order valence-electron chi connectivity index (χ0n) is 9.06. The van der Waals surface area contributed by atoms with E-state index in [4.69, 9.17) is 5.73 Å². The van der Waals surface area contributed by atoms with E-state index in [9.17, 15) is 9.59 Å². The van der Waals surface area contributed by atoms with E-state index < -0.39 is 5.91 Å². The van der Waals surface area contributed by atoms with Crippen molar-refractivity contribution in [1.29, 1.82) is 0 Å². The fourth-order valence-electron chi connectivity index (χ4n) is 1.55. The minimum atomic E-state index is -0.624. The van der Waals surface area contributed by atoms with Gasteiger partial charge in [0.2, 0.25) is 0 Å². The Morgan fingerprint density at radius 3 is 2.81 bits per heavy atom. The van der Waals surface area contributed by atoms with Crippen LogP contribution in [0.1, 0.15) is 33.7 Å². The van der Waals surface area contributed by atoms with Gasteiger partial charge in [-0.15, -0.1) is 0 Å². The van der Waals surface area contributed by atoms with E-state index >= 15 is 0 Å². The van der Waals surface area contributed by atoms with Crippen molar-refractivity contribution in [1.82, 2.24) is 15.1 Å². The van der Waals surface area contributed by atoms with E-state index in [1.807, 2.05) is 0 Å². The minimum Gasteiger partial charge on any atom is -0.365 e. The number of primary amides is 1. The third-order valence-electron chi connectivity index (χ3n) is 2.61. The Morgan fingerprint density at radius 1 is 1.62 bits per heavy atom. The van der Waals surface area contributed by atoms with E-state index in [2.05, 4.69) is 10.4 Å². The lowest BCUT2D eigenvalue weighted by molar-refractivity contribution is 0.0939. The first-order valence-corrected chi connectivity index (χ1v) is 5.21. The summed E-state index contributed by atoms with van der Waals surface area (Å²) in [5.74, 6) is -0.387. The molecule has 0 aromatic carbocycles. The molecule has 1 heterocycles. The van der Waals surface area contributed by atoms with Crippen LogP contribution in [0.3, 0.4) is 0 Å². The number of hydrogen-bond donors (Lipinski definition) is 2. The van der Waals surface area contributed by atoms with Crippen molar-refractivity contribution >= 4 is 11.8 Å². The molecule has 6 nitrogen and oxygen atoms in total. The second kappa shape index (κ2) is 3.96. The highest BCUT2D eigenvalue weighted by atomic mass is 16.2. The van der Waals surface area contributed by atoms with Gasteiger partial charge in [0.05, 0.1) is 5.56 Å². The quantitative estimate of drug-likeness (QED) is 0.736. The first-order valence-electron chi connectivity index (χ1n) is 5.21.